The Kier molecular flexibility index (Phi) is 5.05. The van der Waals surface area contributed by atoms with Crippen LogP contribution in [0.25, 0.3) is 23.0 Å². The average Bonchev–Trinajstić information content (AvgIpc) is 3.14. The predicted octanol–water partition coefficient (Wildman–Crippen LogP) is 4.93. The predicted molar refractivity (Wildman–Crippen MR) is 102 cm³/mol. The van der Waals surface area contributed by atoms with Gasteiger partial charge in [0.1, 0.15) is 11.5 Å². The molecular weight excluding hydrogens is 360 g/mol. The number of carboxylic acid groups (broad SMARTS) is 1. The highest BCUT2D eigenvalue weighted by atomic mass is 16.6. The second-order valence-corrected chi connectivity index (χ2v) is 6.01. The highest BCUT2D eigenvalue weighted by molar-refractivity contribution is 5.90. The minimum absolute atomic E-state index is 0.104. The van der Waals surface area contributed by atoms with Gasteiger partial charge in [-0.3, -0.25) is 10.1 Å². The monoisotopic (exact) mass is 374 g/mol. The van der Waals surface area contributed by atoms with Gasteiger partial charge in [-0.15, -0.1) is 0 Å². The number of carbonyl (C=O) groups is 1. The molecule has 0 unspecified atom stereocenters. The lowest BCUT2D eigenvalue weighted by Gasteiger charge is -2.04. The number of nitro benzene ring substituents is 1. The van der Waals surface area contributed by atoms with Gasteiger partial charge in [0.2, 0.25) is 0 Å². The van der Waals surface area contributed by atoms with E-state index in [0.29, 0.717) is 17.1 Å². The molecule has 0 saturated carbocycles. The van der Waals surface area contributed by atoms with Crippen LogP contribution in [0.2, 0.25) is 0 Å². The normalized spacial score (nSPS) is 11.1. The molecule has 0 radical (unpaired) electrons. The average molecular weight is 374 g/mol. The van der Waals surface area contributed by atoms with Gasteiger partial charge in [0.05, 0.1) is 22.1 Å². The van der Waals surface area contributed by atoms with Crippen molar-refractivity contribution in [2.45, 2.75) is 6.92 Å². The Labute approximate surface area is 159 Å². The molecule has 7 heteroatoms. The van der Waals surface area contributed by atoms with E-state index in [1.165, 1.54) is 30.3 Å². The minimum atomic E-state index is -1.01. The molecule has 2 aromatic carbocycles. The Morgan fingerprint density at radius 3 is 2.61 bits per heavy atom. The topological polar surface area (TPSA) is 117 Å². The third-order valence-electron chi connectivity index (χ3n) is 4.14. The van der Waals surface area contributed by atoms with Gasteiger partial charge in [-0.1, -0.05) is 18.2 Å². The van der Waals surface area contributed by atoms with Crippen LogP contribution in [-0.4, -0.2) is 16.0 Å². The van der Waals surface area contributed by atoms with Crippen molar-refractivity contribution in [3.63, 3.8) is 0 Å². The van der Waals surface area contributed by atoms with E-state index in [1.54, 1.807) is 37.3 Å². The van der Waals surface area contributed by atoms with Crippen molar-refractivity contribution in [1.82, 2.24) is 0 Å². The van der Waals surface area contributed by atoms with E-state index in [9.17, 15) is 20.2 Å². The van der Waals surface area contributed by atoms with E-state index in [1.807, 2.05) is 6.07 Å². The zero-order valence-electron chi connectivity index (χ0n) is 14.7. The van der Waals surface area contributed by atoms with Crippen molar-refractivity contribution in [3.8, 4) is 17.4 Å². The third-order valence-corrected chi connectivity index (χ3v) is 4.14. The van der Waals surface area contributed by atoms with E-state index in [0.717, 1.165) is 11.1 Å². The Hall–Kier alpha value is -4.18. The molecule has 1 N–H and O–H groups in total. The third kappa shape index (κ3) is 3.81. The van der Waals surface area contributed by atoms with Crippen LogP contribution in [0.3, 0.4) is 0 Å². The number of non-ortho nitro benzene ring substituents is 1. The molecule has 138 valence electrons. The molecule has 1 aromatic heterocycles. The number of benzene rings is 2. The fourth-order valence-electron chi connectivity index (χ4n) is 2.76. The summed E-state index contributed by atoms with van der Waals surface area (Å²) in [4.78, 5) is 21.5. The van der Waals surface area contributed by atoms with Crippen molar-refractivity contribution < 1.29 is 19.2 Å². The van der Waals surface area contributed by atoms with Crippen LogP contribution < -0.4 is 0 Å². The summed E-state index contributed by atoms with van der Waals surface area (Å²) in [6.07, 6.45) is 1.50. The van der Waals surface area contributed by atoms with Crippen LogP contribution >= 0.6 is 0 Å². The number of rotatable bonds is 5. The first-order chi connectivity index (χ1) is 13.4. The number of furan rings is 1. The molecule has 3 aromatic rings. The zero-order chi connectivity index (χ0) is 20.3. The van der Waals surface area contributed by atoms with Crippen molar-refractivity contribution in [2.75, 3.05) is 0 Å². The van der Waals surface area contributed by atoms with Crippen LogP contribution in [-0.2, 0) is 0 Å². The first kappa shape index (κ1) is 18.6. The quantitative estimate of drug-likeness (QED) is 0.384. The Morgan fingerprint density at radius 1 is 1.18 bits per heavy atom. The number of aromatic carboxylic acids is 1. The van der Waals surface area contributed by atoms with Crippen LogP contribution in [0, 0.1) is 28.4 Å². The number of aryl methyl sites for hydroxylation is 1. The van der Waals surface area contributed by atoms with E-state index in [4.69, 9.17) is 9.52 Å². The van der Waals surface area contributed by atoms with Gasteiger partial charge in [-0.25, -0.2) is 4.79 Å². The standard InChI is InChI=1S/C21H14N2O5/c1-13-9-15(21(24)25)5-7-19(13)20-8-6-18(28-20)11-16(12-22)14-3-2-4-17(10-14)23(26)27/h2-11H,1H3,(H,24,25). The van der Waals surface area contributed by atoms with Crippen molar-refractivity contribution in [3.05, 3.63) is 87.2 Å². The molecule has 28 heavy (non-hydrogen) atoms. The fraction of sp³-hybridized carbons (Fsp3) is 0.0476. The molecule has 1 heterocycles. The Balaban J connectivity index is 1.95. The first-order valence-corrected chi connectivity index (χ1v) is 8.20. The van der Waals surface area contributed by atoms with Crippen LogP contribution in [0.4, 0.5) is 5.69 Å². The number of hydrogen-bond acceptors (Lipinski definition) is 5. The van der Waals surface area contributed by atoms with Crippen LogP contribution in [0.5, 0.6) is 0 Å². The summed E-state index contributed by atoms with van der Waals surface area (Å²) >= 11 is 0. The molecule has 0 atom stereocenters. The molecule has 7 nitrogen and oxygen atoms in total. The summed E-state index contributed by atoms with van der Waals surface area (Å²) in [5, 5.41) is 29.4. The molecule has 0 amide bonds. The maximum absolute atomic E-state index is 11.1. The van der Waals surface area contributed by atoms with Crippen LogP contribution in [0.15, 0.2) is 59.0 Å². The lowest BCUT2D eigenvalue weighted by Crippen LogP contribution is -1.96. The molecule has 0 aliphatic carbocycles. The fourth-order valence-corrected chi connectivity index (χ4v) is 2.76. The number of nitrogens with zero attached hydrogens (tertiary/aromatic N) is 2. The summed E-state index contributed by atoms with van der Waals surface area (Å²) < 4.78 is 5.77. The summed E-state index contributed by atoms with van der Waals surface area (Å²) in [5.41, 5.74) is 2.19. The van der Waals surface area contributed by atoms with E-state index in [-0.39, 0.29) is 16.8 Å². The van der Waals surface area contributed by atoms with Gasteiger partial charge < -0.3 is 9.52 Å². The maximum Gasteiger partial charge on any atom is 0.335 e. The minimum Gasteiger partial charge on any atom is -0.478 e. The van der Waals surface area contributed by atoms with Gasteiger partial charge in [0.25, 0.3) is 5.69 Å². The molecule has 0 spiro atoms. The number of hydrogen-bond donors (Lipinski definition) is 1. The Bertz CT molecular complexity index is 1150. The van der Waals surface area contributed by atoms with Crippen molar-refractivity contribution in [1.29, 1.82) is 5.26 Å². The first-order valence-electron chi connectivity index (χ1n) is 8.20. The summed E-state index contributed by atoms with van der Waals surface area (Å²) in [7, 11) is 0. The van der Waals surface area contributed by atoms with Gasteiger partial charge in [0, 0.05) is 17.7 Å². The number of nitriles is 1. The molecule has 0 aliphatic heterocycles. The van der Waals surface area contributed by atoms with Gasteiger partial charge in [-0.05, 0) is 48.4 Å². The summed E-state index contributed by atoms with van der Waals surface area (Å²) in [6.45, 7) is 1.78. The molecule has 0 aliphatic rings. The Morgan fingerprint density at radius 2 is 1.96 bits per heavy atom. The second-order valence-electron chi connectivity index (χ2n) is 6.01. The van der Waals surface area contributed by atoms with Gasteiger partial charge >= 0.3 is 5.97 Å². The lowest BCUT2D eigenvalue weighted by atomic mass is 10.0. The highest BCUT2D eigenvalue weighted by Crippen LogP contribution is 2.29. The number of nitro groups is 1. The molecule has 0 fully saturated rings. The smallest absolute Gasteiger partial charge is 0.335 e. The molecular formula is C21H14N2O5. The second kappa shape index (κ2) is 7.60. The molecule has 0 bridgehead atoms. The maximum atomic E-state index is 11.1. The van der Waals surface area contributed by atoms with E-state index < -0.39 is 10.9 Å². The summed E-state index contributed by atoms with van der Waals surface area (Å²) in [5.74, 6) is -0.0786. The molecule has 0 saturated heterocycles. The van der Waals surface area contributed by atoms with Crippen LogP contribution in [0.1, 0.15) is 27.2 Å². The van der Waals surface area contributed by atoms with Gasteiger partial charge in [0.15, 0.2) is 0 Å². The molecule has 3 rings (SSSR count). The lowest BCUT2D eigenvalue weighted by molar-refractivity contribution is -0.384. The summed E-state index contributed by atoms with van der Waals surface area (Å²) in [6, 6.07) is 15.9. The number of carboxylic acids is 1. The van der Waals surface area contributed by atoms with Crippen molar-refractivity contribution in [2.24, 2.45) is 0 Å². The largest absolute Gasteiger partial charge is 0.478 e. The van der Waals surface area contributed by atoms with E-state index >= 15 is 0 Å². The SMILES string of the molecule is Cc1cc(C(=O)O)ccc1-c1ccc(C=C(C#N)c2cccc([N+](=O)[O-])c2)o1. The zero-order valence-corrected chi connectivity index (χ0v) is 14.7. The van der Waals surface area contributed by atoms with Gasteiger partial charge in [-0.2, -0.15) is 5.26 Å². The van der Waals surface area contributed by atoms with Crippen molar-refractivity contribution >= 4 is 23.3 Å². The highest BCUT2D eigenvalue weighted by Gasteiger charge is 2.12. The van der Waals surface area contributed by atoms with E-state index in [2.05, 4.69) is 0 Å². The number of allylic oxidation sites excluding steroid dienone is 1.